The quantitative estimate of drug-likeness (QED) is 0.790. The normalized spacial score (nSPS) is 21.2. The fourth-order valence-electron chi connectivity index (χ4n) is 3.90. The van der Waals surface area contributed by atoms with Crippen molar-refractivity contribution in [1.82, 2.24) is 14.5 Å². The topological polar surface area (TPSA) is 86.8 Å². The van der Waals surface area contributed by atoms with Gasteiger partial charge in [-0.15, -0.1) is 0 Å². The van der Waals surface area contributed by atoms with E-state index < -0.39 is 10.0 Å². The number of nitrogens with zero attached hydrogens (tertiary/aromatic N) is 2. The minimum absolute atomic E-state index is 0.0534. The zero-order chi connectivity index (χ0) is 19.6. The van der Waals surface area contributed by atoms with Gasteiger partial charge < -0.3 is 10.2 Å². The minimum Gasteiger partial charge on any atom is -0.352 e. The Balaban J connectivity index is 1.64. The first-order chi connectivity index (χ1) is 12.8. The van der Waals surface area contributed by atoms with E-state index in [0.29, 0.717) is 12.1 Å². The van der Waals surface area contributed by atoms with Gasteiger partial charge in [-0.2, -0.15) is 0 Å². The van der Waals surface area contributed by atoms with Crippen LogP contribution in [0.5, 0.6) is 0 Å². The van der Waals surface area contributed by atoms with Crippen LogP contribution in [0.3, 0.4) is 0 Å². The van der Waals surface area contributed by atoms with Gasteiger partial charge in [0.05, 0.1) is 10.8 Å². The molecule has 1 aliphatic heterocycles. The first-order valence-corrected chi connectivity index (χ1v) is 10.8. The van der Waals surface area contributed by atoms with Crippen molar-refractivity contribution in [3.8, 4) is 0 Å². The molecule has 1 saturated heterocycles. The van der Waals surface area contributed by atoms with Gasteiger partial charge in [0.2, 0.25) is 21.8 Å². The van der Waals surface area contributed by atoms with E-state index in [-0.39, 0.29) is 41.6 Å². The van der Waals surface area contributed by atoms with E-state index in [1.165, 1.54) is 20.2 Å². The van der Waals surface area contributed by atoms with Crippen molar-refractivity contribution in [1.29, 1.82) is 0 Å². The molecular weight excluding hydrogens is 366 g/mol. The molecule has 1 atom stereocenters. The largest absolute Gasteiger partial charge is 0.352 e. The number of benzene rings is 1. The molecule has 0 bridgehead atoms. The molecule has 2 fully saturated rings. The van der Waals surface area contributed by atoms with Crippen molar-refractivity contribution in [2.75, 3.05) is 20.6 Å². The molecule has 0 aromatic heterocycles. The Kier molecular flexibility index (Phi) is 5.86. The van der Waals surface area contributed by atoms with Gasteiger partial charge >= 0.3 is 0 Å². The lowest BCUT2D eigenvalue weighted by Crippen LogP contribution is -2.37. The Bertz CT molecular complexity index is 816. The Morgan fingerprint density at radius 3 is 2.56 bits per heavy atom. The summed E-state index contributed by atoms with van der Waals surface area (Å²) in [4.78, 5) is 26.9. The SMILES string of the molecule is CN(C)S(=O)(=O)c1ccccc1CNC(=O)[C@@H]1CC(=O)N(C2CCCC2)C1. The van der Waals surface area contributed by atoms with E-state index in [4.69, 9.17) is 0 Å². The fraction of sp³-hybridized carbons (Fsp3) is 0.579. The maximum Gasteiger partial charge on any atom is 0.242 e. The van der Waals surface area contributed by atoms with Crippen LogP contribution in [0.25, 0.3) is 0 Å². The predicted molar refractivity (Wildman–Crippen MR) is 101 cm³/mol. The third-order valence-corrected chi connectivity index (χ3v) is 7.39. The van der Waals surface area contributed by atoms with Gasteiger partial charge in [-0.1, -0.05) is 31.0 Å². The lowest BCUT2D eigenvalue weighted by molar-refractivity contribution is -0.130. The Morgan fingerprint density at radius 1 is 1.22 bits per heavy atom. The summed E-state index contributed by atoms with van der Waals surface area (Å²) in [7, 11) is -0.626. The highest BCUT2D eigenvalue weighted by atomic mass is 32.2. The third-order valence-electron chi connectivity index (χ3n) is 5.48. The number of hydrogen-bond donors (Lipinski definition) is 1. The van der Waals surface area contributed by atoms with E-state index in [9.17, 15) is 18.0 Å². The van der Waals surface area contributed by atoms with Crippen molar-refractivity contribution in [2.24, 2.45) is 5.92 Å². The molecule has 7 nitrogen and oxygen atoms in total. The molecule has 1 N–H and O–H groups in total. The molecule has 1 aliphatic carbocycles. The minimum atomic E-state index is -3.58. The Labute approximate surface area is 160 Å². The van der Waals surface area contributed by atoms with Crippen molar-refractivity contribution in [3.63, 3.8) is 0 Å². The molecule has 148 valence electrons. The van der Waals surface area contributed by atoms with Gasteiger partial charge in [0.25, 0.3) is 0 Å². The summed E-state index contributed by atoms with van der Waals surface area (Å²) in [5.41, 5.74) is 0.538. The second kappa shape index (κ2) is 7.98. The van der Waals surface area contributed by atoms with Crippen LogP contribution in [0.15, 0.2) is 29.2 Å². The molecule has 1 heterocycles. The third kappa shape index (κ3) is 4.16. The molecule has 27 heavy (non-hydrogen) atoms. The van der Waals surface area contributed by atoms with Crippen LogP contribution >= 0.6 is 0 Å². The first-order valence-electron chi connectivity index (χ1n) is 9.38. The van der Waals surface area contributed by atoms with E-state index in [0.717, 1.165) is 30.0 Å². The predicted octanol–water partition coefficient (Wildman–Crippen LogP) is 1.34. The van der Waals surface area contributed by atoms with Crippen LogP contribution in [-0.2, 0) is 26.2 Å². The summed E-state index contributed by atoms with van der Waals surface area (Å²) < 4.78 is 26.1. The number of amides is 2. The highest BCUT2D eigenvalue weighted by Gasteiger charge is 2.38. The van der Waals surface area contributed by atoms with Crippen molar-refractivity contribution in [3.05, 3.63) is 29.8 Å². The number of sulfonamides is 1. The van der Waals surface area contributed by atoms with Crippen LogP contribution < -0.4 is 5.32 Å². The monoisotopic (exact) mass is 393 g/mol. The summed E-state index contributed by atoms with van der Waals surface area (Å²) in [6.45, 7) is 0.586. The Hall–Kier alpha value is -1.93. The van der Waals surface area contributed by atoms with Gasteiger partial charge in [0.15, 0.2) is 0 Å². The second-order valence-electron chi connectivity index (χ2n) is 7.50. The number of hydrogen-bond acceptors (Lipinski definition) is 4. The lowest BCUT2D eigenvalue weighted by atomic mass is 10.1. The number of likely N-dealkylation sites (tertiary alicyclic amines) is 1. The first kappa shape index (κ1) is 19.8. The standard InChI is InChI=1S/C19H27N3O4S/c1-21(2)27(25,26)17-10-6-3-7-14(17)12-20-19(24)15-11-18(23)22(13-15)16-8-4-5-9-16/h3,6-7,10,15-16H,4-5,8-9,11-13H2,1-2H3,(H,20,24)/t15-/m1/s1. The maximum absolute atomic E-state index is 12.6. The molecule has 0 unspecified atom stereocenters. The van der Waals surface area contributed by atoms with Crippen LogP contribution in [0.4, 0.5) is 0 Å². The summed E-state index contributed by atoms with van der Waals surface area (Å²) in [6.07, 6.45) is 4.57. The average molecular weight is 394 g/mol. The number of carbonyl (C=O) groups excluding carboxylic acids is 2. The summed E-state index contributed by atoms with van der Waals surface area (Å²) >= 11 is 0. The fourth-order valence-corrected chi connectivity index (χ4v) is 5.02. The molecule has 3 rings (SSSR count). The molecule has 1 aromatic carbocycles. The van der Waals surface area contributed by atoms with Gasteiger partial charge in [-0.25, -0.2) is 12.7 Å². The lowest BCUT2D eigenvalue weighted by Gasteiger charge is -2.24. The zero-order valence-corrected chi connectivity index (χ0v) is 16.7. The molecule has 1 aromatic rings. The Morgan fingerprint density at radius 2 is 1.89 bits per heavy atom. The van der Waals surface area contributed by atoms with E-state index in [1.54, 1.807) is 18.2 Å². The number of carbonyl (C=O) groups is 2. The van der Waals surface area contributed by atoms with E-state index in [1.807, 2.05) is 4.90 Å². The average Bonchev–Trinajstić information content (AvgIpc) is 3.29. The molecular formula is C19H27N3O4S. The van der Waals surface area contributed by atoms with Gasteiger partial charge in [0, 0.05) is 39.6 Å². The van der Waals surface area contributed by atoms with E-state index in [2.05, 4.69) is 5.32 Å². The highest BCUT2D eigenvalue weighted by Crippen LogP contribution is 2.29. The van der Waals surface area contributed by atoms with Crippen molar-refractivity contribution in [2.45, 2.75) is 49.6 Å². The van der Waals surface area contributed by atoms with Gasteiger partial charge in [0.1, 0.15) is 0 Å². The van der Waals surface area contributed by atoms with Crippen molar-refractivity contribution < 1.29 is 18.0 Å². The molecule has 0 spiro atoms. The molecule has 1 saturated carbocycles. The van der Waals surface area contributed by atoms with Crippen LogP contribution in [0.1, 0.15) is 37.7 Å². The van der Waals surface area contributed by atoms with Crippen molar-refractivity contribution >= 4 is 21.8 Å². The smallest absolute Gasteiger partial charge is 0.242 e. The van der Waals surface area contributed by atoms with Crippen LogP contribution in [-0.4, -0.2) is 56.1 Å². The zero-order valence-electron chi connectivity index (χ0n) is 15.8. The summed E-state index contributed by atoms with van der Waals surface area (Å²) in [5, 5.41) is 2.82. The summed E-state index contributed by atoms with van der Waals surface area (Å²) in [6, 6.07) is 6.92. The molecule has 2 amide bonds. The van der Waals surface area contributed by atoms with Gasteiger partial charge in [-0.05, 0) is 24.5 Å². The van der Waals surface area contributed by atoms with E-state index >= 15 is 0 Å². The van der Waals surface area contributed by atoms with Crippen LogP contribution in [0, 0.1) is 5.92 Å². The van der Waals surface area contributed by atoms with Gasteiger partial charge in [-0.3, -0.25) is 9.59 Å². The highest BCUT2D eigenvalue weighted by molar-refractivity contribution is 7.89. The second-order valence-corrected chi connectivity index (χ2v) is 9.62. The molecule has 0 radical (unpaired) electrons. The number of nitrogens with one attached hydrogen (secondary N) is 1. The van der Waals surface area contributed by atoms with Crippen LogP contribution in [0.2, 0.25) is 0 Å². The number of rotatable bonds is 6. The molecule has 8 heteroatoms. The maximum atomic E-state index is 12.6. The molecule has 2 aliphatic rings. The summed E-state index contributed by atoms with van der Waals surface area (Å²) in [5.74, 6) is -0.505.